The third kappa shape index (κ3) is 2.18. The fourth-order valence-electron chi connectivity index (χ4n) is 1.38. The summed E-state index contributed by atoms with van der Waals surface area (Å²) in [5.41, 5.74) is 2.27. The van der Waals surface area contributed by atoms with Crippen LogP contribution in [-0.2, 0) is 13.0 Å². The number of pyridine rings is 1. The summed E-state index contributed by atoms with van der Waals surface area (Å²) in [6.07, 6.45) is 2.73. The van der Waals surface area contributed by atoms with Crippen LogP contribution in [-0.4, -0.2) is 19.1 Å². The van der Waals surface area contributed by atoms with Crippen LogP contribution in [0.25, 0.3) is 0 Å². The molecule has 1 rings (SSSR count). The van der Waals surface area contributed by atoms with Gasteiger partial charge in [-0.05, 0) is 19.5 Å². The summed E-state index contributed by atoms with van der Waals surface area (Å²) < 4.78 is 5.26. The lowest BCUT2D eigenvalue weighted by Gasteiger charge is -2.10. The van der Waals surface area contributed by atoms with Crippen molar-refractivity contribution in [3.63, 3.8) is 0 Å². The average molecular weight is 180 g/mol. The lowest BCUT2D eigenvalue weighted by molar-refractivity contribution is 0.406. The highest BCUT2D eigenvalue weighted by atomic mass is 16.5. The molecule has 0 amide bonds. The van der Waals surface area contributed by atoms with Gasteiger partial charge in [-0.2, -0.15) is 0 Å². The van der Waals surface area contributed by atoms with E-state index in [2.05, 4.69) is 17.2 Å². The van der Waals surface area contributed by atoms with Crippen LogP contribution in [0.15, 0.2) is 12.3 Å². The molecule has 0 saturated carbocycles. The maximum Gasteiger partial charge on any atom is 0.126 e. The standard InChI is InChI=1S/C10H16N2O/c1-4-9-8(7-11-2)10(13-3)5-6-12-9/h5-6,11H,4,7H2,1-3H3. The van der Waals surface area contributed by atoms with E-state index in [1.165, 1.54) is 0 Å². The molecule has 0 aliphatic carbocycles. The Morgan fingerprint density at radius 2 is 2.31 bits per heavy atom. The monoisotopic (exact) mass is 180 g/mol. The van der Waals surface area contributed by atoms with Crippen LogP contribution < -0.4 is 10.1 Å². The highest BCUT2D eigenvalue weighted by Crippen LogP contribution is 2.20. The third-order valence-corrected chi connectivity index (χ3v) is 2.01. The average Bonchev–Trinajstić information content (AvgIpc) is 2.18. The molecule has 1 aromatic rings. The molecule has 3 heteroatoms. The van der Waals surface area contributed by atoms with E-state index in [1.807, 2.05) is 13.1 Å². The topological polar surface area (TPSA) is 34.1 Å². The van der Waals surface area contributed by atoms with Crippen molar-refractivity contribution in [3.05, 3.63) is 23.5 Å². The molecule has 0 spiro atoms. The summed E-state index contributed by atoms with van der Waals surface area (Å²) in [7, 11) is 3.61. The zero-order valence-electron chi connectivity index (χ0n) is 8.42. The Morgan fingerprint density at radius 3 is 2.85 bits per heavy atom. The predicted octanol–water partition coefficient (Wildman–Crippen LogP) is 1.37. The number of rotatable bonds is 4. The van der Waals surface area contributed by atoms with Gasteiger partial charge in [0.25, 0.3) is 0 Å². The Kier molecular flexibility index (Phi) is 3.71. The van der Waals surface area contributed by atoms with E-state index in [-0.39, 0.29) is 0 Å². The molecule has 0 aliphatic rings. The number of ether oxygens (including phenoxy) is 1. The molecule has 0 bridgehead atoms. The van der Waals surface area contributed by atoms with E-state index in [4.69, 9.17) is 4.74 Å². The van der Waals surface area contributed by atoms with Crippen molar-refractivity contribution >= 4 is 0 Å². The van der Waals surface area contributed by atoms with Gasteiger partial charge in [-0.1, -0.05) is 6.92 Å². The molecule has 0 aromatic carbocycles. The van der Waals surface area contributed by atoms with Crippen molar-refractivity contribution < 1.29 is 4.74 Å². The fraction of sp³-hybridized carbons (Fsp3) is 0.500. The summed E-state index contributed by atoms with van der Waals surface area (Å²) in [4.78, 5) is 4.30. The van der Waals surface area contributed by atoms with Gasteiger partial charge in [-0.3, -0.25) is 4.98 Å². The lowest BCUT2D eigenvalue weighted by atomic mass is 10.1. The third-order valence-electron chi connectivity index (χ3n) is 2.01. The number of aromatic nitrogens is 1. The first kappa shape index (κ1) is 9.99. The van der Waals surface area contributed by atoms with Crippen molar-refractivity contribution in [3.8, 4) is 5.75 Å². The van der Waals surface area contributed by atoms with Crippen LogP contribution in [0.3, 0.4) is 0 Å². The first-order chi connectivity index (χ1) is 6.33. The molecule has 0 unspecified atom stereocenters. The van der Waals surface area contributed by atoms with Crippen molar-refractivity contribution in [2.45, 2.75) is 19.9 Å². The van der Waals surface area contributed by atoms with E-state index in [9.17, 15) is 0 Å². The summed E-state index contributed by atoms with van der Waals surface area (Å²) in [5.74, 6) is 0.918. The summed E-state index contributed by atoms with van der Waals surface area (Å²) in [5, 5.41) is 3.11. The maximum atomic E-state index is 5.26. The SMILES string of the molecule is CCc1nccc(OC)c1CNC. The molecular formula is C10H16N2O. The van der Waals surface area contributed by atoms with Gasteiger partial charge in [0.1, 0.15) is 5.75 Å². The minimum absolute atomic E-state index is 0.806. The molecule has 0 fully saturated rings. The first-order valence-electron chi connectivity index (χ1n) is 4.48. The smallest absolute Gasteiger partial charge is 0.126 e. The van der Waals surface area contributed by atoms with Crippen LogP contribution in [0.4, 0.5) is 0 Å². The maximum absolute atomic E-state index is 5.26. The van der Waals surface area contributed by atoms with Crippen LogP contribution in [0.2, 0.25) is 0 Å². The second kappa shape index (κ2) is 4.82. The minimum Gasteiger partial charge on any atom is -0.496 e. The molecule has 0 saturated heterocycles. The van der Waals surface area contributed by atoms with Crippen LogP contribution >= 0.6 is 0 Å². The van der Waals surface area contributed by atoms with E-state index in [1.54, 1.807) is 13.3 Å². The van der Waals surface area contributed by atoms with Gasteiger partial charge in [0.2, 0.25) is 0 Å². The summed E-state index contributed by atoms with van der Waals surface area (Å²) >= 11 is 0. The summed E-state index contributed by atoms with van der Waals surface area (Å²) in [6.45, 7) is 2.90. The molecule has 0 radical (unpaired) electrons. The second-order valence-electron chi connectivity index (χ2n) is 2.82. The summed E-state index contributed by atoms with van der Waals surface area (Å²) in [6, 6.07) is 1.89. The quantitative estimate of drug-likeness (QED) is 0.760. The van der Waals surface area contributed by atoms with Gasteiger partial charge in [0.15, 0.2) is 0 Å². The molecule has 1 N–H and O–H groups in total. The normalized spacial score (nSPS) is 10.1. The zero-order chi connectivity index (χ0) is 9.68. The molecule has 1 aromatic heterocycles. The first-order valence-corrected chi connectivity index (χ1v) is 4.48. The number of aryl methyl sites for hydroxylation is 1. The van der Waals surface area contributed by atoms with Gasteiger partial charge in [0.05, 0.1) is 7.11 Å². The zero-order valence-corrected chi connectivity index (χ0v) is 8.42. The van der Waals surface area contributed by atoms with E-state index >= 15 is 0 Å². The number of hydrogen-bond acceptors (Lipinski definition) is 3. The van der Waals surface area contributed by atoms with Crippen LogP contribution in [0.1, 0.15) is 18.2 Å². The Bertz CT molecular complexity index is 251. The number of methoxy groups -OCH3 is 1. The Labute approximate surface area is 79.1 Å². The van der Waals surface area contributed by atoms with Crippen molar-refractivity contribution in [1.29, 1.82) is 0 Å². The molecule has 72 valence electrons. The van der Waals surface area contributed by atoms with Gasteiger partial charge >= 0.3 is 0 Å². The second-order valence-corrected chi connectivity index (χ2v) is 2.82. The molecule has 0 aliphatic heterocycles. The molecule has 13 heavy (non-hydrogen) atoms. The van der Waals surface area contributed by atoms with Gasteiger partial charge in [0, 0.05) is 24.0 Å². The molecule has 3 nitrogen and oxygen atoms in total. The van der Waals surface area contributed by atoms with E-state index < -0.39 is 0 Å². The van der Waals surface area contributed by atoms with Crippen molar-refractivity contribution in [2.75, 3.05) is 14.2 Å². The highest BCUT2D eigenvalue weighted by molar-refractivity contribution is 5.35. The van der Waals surface area contributed by atoms with Crippen molar-refractivity contribution in [2.24, 2.45) is 0 Å². The highest BCUT2D eigenvalue weighted by Gasteiger charge is 2.07. The van der Waals surface area contributed by atoms with Crippen LogP contribution in [0, 0.1) is 0 Å². The number of nitrogens with one attached hydrogen (secondary N) is 1. The molecule has 1 heterocycles. The number of nitrogens with zero attached hydrogens (tertiary/aromatic N) is 1. The Morgan fingerprint density at radius 1 is 1.54 bits per heavy atom. The van der Waals surface area contributed by atoms with E-state index in [0.717, 1.165) is 30.0 Å². The Balaban J connectivity index is 3.05. The minimum atomic E-state index is 0.806. The predicted molar refractivity (Wildman–Crippen MR) is 52.9 cm³/mol. The number of hydrogen-bond donors (Lipinski definition) is 1. The van der Waals surface area contributed by atoms with Crippen molar-refractivity contribution in [1.82, 2.24) is 10.3 Å². The fourth-order valence-corrected chi connectivity index (χ4v) is 1.38. The van der Waals surface area contributed by atoms with Gasteiger partial charge in [-0.25, -0.2) is 0 Å². The lowest BCUT2D eigenvalue weighted by Crippen LogP contribution is -2.10. The van der Waals surface area contributed by atoms with E-state index in [0.29, 0.717) is 0 Å². The van der Waals surface area contributed by atoms with Gasteiger partial charge < -0.3 is 10.1 Å². The Hall–Kier alpha value is -1.09. The molecular weight excluding hydrogens is 164 g/mol. The molecule has 0 atom stereocenters. The largest absolute Gasteiger partial charge is 0.496 e. The van der Waals surface area contributed by atoms with Crippen LogP contribution in [0.5, 0.6) is 5.75 Å². The van der Waals surface area contributed by atoms with Gasteiger partial charge in [-0.15, -0.1) is 0 Å².